The fraction of sp³-hybridized carbons (Fsp3) is 0.222. The normalized spacial score (nSPS) is 11.4. The molecule has 0 aliphatic heterocycles. The van der Waals surface area contributed by atoms with Gasteiger partial charge in [0, 0.05) is 17.2 Å². The van der Waals surface area contributed by atoms with E-state index in [0.29, 0.717) is 30.8 Å². The summed E-state index contributed by atoms with van der Waals surface area (Å²) in [5, 5.41) is 14.5. The molecule has 0 radical (unpaired) electrons. The van der Waals surface area contributed by atoms with Crippen LogP contribution in [0.5, 0.6) is 5.75 Å². The van der Waals surface area contributed by atoms with Crippen molar-refractivity contribution in [2.45, 2.75) is 51.9 Å². The molecule has 4 aromatic rings. The second-order valence-electron chi connectivity index (χ2n) is 11.1. The second kappa shape index (κ2) is 14.7. The van der Waals surface area contributed by atoms with Crippen LogP contribution >= 0.6 is 0 Å². The smallest absolute Gasteiger partial charge is 0.329 e. The Labute approximate surface area is 257 Å². The van der Waals surface area contributed by atoms with Gasteiger partial charge in [-0.2, -0.15) is 0 Å². The lowest BCUT2D eigenvalue weighted by atomic mass is 10.0. The third kappa shape index (κ3) is 9.57. The Morgan fingerprint density at radius 2 is 1.50 bits per heavy atom. The molecule has 0 fully saturated rings. The number of esters is 1. The number of benzene rings is 4. The predicted octanol–water partition coefficient (Wildman–Crippen LogP) is 6.65. The van der Waals surface area contributed by atoms with Crippen LogP contribution in [-0.2, 0) is 22.6 Å². The van der Waals surface area contributed by atoms with E-state index in [1.54, 1.807) is 45.0 Å². The Morgan fingerprint density at radius 3 is 2.11 bits per heavy atom. The minimum Gasteiger partial charge on any atom is -0.489 e. The van der Waals surface area contributed by atoms with Crippen LogP contribution in [0, 0.1) is 22.0 Å². The van der Waals surface area contributed by atoms with Crippen LogP contribution in [-0.4, -0.2) is 28.4 Å². The molecule has 0 saturated heterocycles. The van der Waals surface area contributed by atoms with Crippen molar-refractivity contribution in [2.24, 2.45) is 0 Å². The van der Waals surface area contributed by atoms with Gasteiger partial charge in [-0.25, -0.2) is 4.79 Å². The van der Waals surface area contributed by atoms with Crippen molar-refractivity contribution in [1.29, 1.82) is 0 Å². The second-order valence-corrected chi connectivity index (χ2v) is 11.1. The fourth-order valence-corrected chi connectivity index (χ4v) is 4.27. The van der Waals surface area contributed by atoms with Gasteiger partial charge in [0.25, 0.3) is 11.6 Å². The van der Waals surface area contributed by atoms with Crippen molar-refractivity contribution >= 4 is 17.6 Å². The number of ether oxygens (including phenoxy) is 2. The first-order chi connectivity index (χ1) is 21.1. The number of rotatable bonds is 10. The summed E-state index contributed by atoms with van der Waals surface area (Å²) in [6.07, 6.45) is 0.855. The summed E-state index contributed by atoms with van der Waals surface area (Å²) in [6, 6.07) is 29.5. The summed E-state index contributed by atoms with van der Waals surface area (Å²) in [4.78, 5) is 37.5. The molecule has 4 rings (SSSR count). The maximum absolute atomic E-state index is 13.3. The van der Waals surface area contributed by atoms with Crippen LogP contribution in [0.1, 0.15) is 59.8 Å². The molecule has 0 aliphatic rings. The molecular formula is C36H34N2O6. The Bertz CT molecular complexity index is 1650. The average molecular weight is 591 g/mol. The van der Waals surface area contributed by atoms with Gasteiger partial charge in [0.2, 0.25) is 0 Å². The van der Waals surface area contributed by atoms with Crippen molar-refractivity contribution in [2.75, 3.05) is 0 Å². The summed E-state index contributed by atoms with van der Waals surface area (Å²) in [7, 11) is 0. The number of carbonyl (C=O) groups excluding carboxylic acids is 2. The number of nitro groups is 1. The van der Waals surface area contributed by atoms with Gasteiger partial charge in [0.05, 0.1) is 4.92 Å². The van der Waals surface area contributed by atoms with Crippen LogP contribution in [0.4, 0.5) is 5.69 Å². The van der Waals surface area contributed by atoms with E-state index in [2.05, 4.69) is 17.2 Å². The molecule has 0 saturated carbocycles. The largest absolute Gasteiger partial charge is 0.489 e. The van der Waals surface area contributed by atoms with E-state index in [0.717, 1.165) is 11.1 Å². The van der Waals surface area contributed by atoms with Crippen molar-refractivity contribution in [3.05, 3.63) is 141 Å². The van der Waals surface area contributed by atoms with E-state index >= 15 is 0 Å². The molecule has 1 amide bonds. The molecule has 8 nitrogen and oxygen atoms in total. The number of hydrogen-bond donors (Lipinski definition) is 1. The van der Waals surface area contributed by atoms with E-state index in [4.69, 9.17) is 9.47 Å². The zero-order chi connectivity index (χ0) is 31.5. The third-order valence-corrected chi connectivity index (χ3v) is 6.46. The minimum absolute atomic E-state index is 0.0742. The molecule has 44 heavy (non-hydrogen) atoms. The van der Waals surface area contributed by atoms with Gasteiger partial charge in [-0.15, -0.1) is 0 Å². The van der Waals surface area contributed by atoms with Crippen LogP contribution in [0.3, 0.4) is 0 Å². The Morgan fingerprint density at radius 1 is 0.864 bits per heavy atom. The average Bonchev–Trinajstić information content (AvgIpc) is 3.01. The molecule has 4 aromatic carbocycles. The first-order valence-corrected chi connectivity index (χ1v) is 14.2. The van der Waals surface area contributed by atoms with Crippen molar-refractivity contribution in [1.82, 2.24) is 5.32 Å². The highest BCUT2D eigenvalue weighted by Gasteiger charge is 2.27. The lowest BCUT2D eigenvalue weighted by Crippen LogP contribution is -2.44. The molecule has 0 aromatic heterocycles. The molecule has 0 unspecified atom stereocenters. The van der Waals surface area contributed by atoms with Crippen molar-refractivity contribution in [3.8, 4) is 17.6 Å². The van der Waals surface area contributed by atoms with E-state index in [9.17, 15) is 19.7 Å². The number of hydrogen-bond acceptors (Lipinski definition) is 6. The highest BCUT2D eigenvalue weighted by molar-refractivity contribution is 5.97. The fourth-order valence-electron chi connectivity index (χ4n) is 4.27. The molecule has 224 valence electrons. The van der Waals surface area contributed by atoms with Crippen molar-refractivity contribution in [3.63, 3.8) is 0 Å². The van der Waals surface area contributed by atoms with Crippen molar-refractivity contribution < 1.29 is 24.0 Å². The number of nitro benzene ring substituents is 1. The van der Waals surface area contributed by atoms with Crippen LogP contribution in [0.2, 0.25) is 0 Å². The number of aryl methyl sites for hydroxylation is 1. The summed E-state index contributed by atoms with van der Waals surface area (Å²) in [5.41, 5.74) is 1.91. The lowest BCUT2D eigenvalue weighted by molar-refractivity contribution is -0.385. The monoisotopic (exact) mass is 590 g/mol. The van der Waals surface area contributed by atoms with Gasteiger partial charge in [-0.3, -0.25) is 14.9 Å². The summed E-state index contributed by atoms with van der Waals surface area (Å²) >= 11 is 0. The molecule has 0 aliphatic carbocycles. The topological polar surface area (TPSA) is 108 Å². The Hall–Kier alpha value is -5.42. The van der Waals surface area contributed by atoms with Gasteiger partial charge < -0.3 is 14.8 Å². The molecule has 0 heterocycles. The lowest BCUT2D eigenvalue weighted by Gasteiger charge is -2.24. The van der Waals surface area contributed by atoms with E-state index in [1.165, 1.54) is 18.2 Å². The zero-order valence-electron chi connectivity index (χ0n) is 24.9. The van der Waals surface area contributed by atoms with Gasteiger partial charge in [0.1, 0.15) is 29.6 Å². The third-order valence-electron chi connectivity index (χ3n) is 6.46. The maximum atomic E-state index is 13.3. The maximum Gasteiger partial charge on any atom is 0.329 e. The highest BCUT2D eigenvalue weighted by atomic mass is 16.6. The molecule has 0 spiro atoms. The van der Waals surface area contributed by atoms with Gasteiger partial charge in [-0.1, -0.05) is 72.5 Å². The quantitative estimate of drug-likeness (QED) is 0.0960. The van der Waals surface area contributed by atoms with E-state index in [-0.39, 0.29) is 16.8 Å². The first kappa shape index (κ1) is 31.5. The number of carbonyl (C=O) groups is 2. The zero-order valence-corrected chi connectivity index (χ0v) is 24.9. The number of nitrogens with one attached hydrogen (secondary N) is 1. The summed E-state index contributed by atoms with van der Waals surface area (Å²) in [6.45, 7) is 5.70. The van der Waals surface area contributed by atoms with Crippen LogP contribution in [0.25, 0.3) is 0 Å². The molecule has 1 N–H and O–H groups in total. The van der Waals surface area contributed by atoms with Gasteiger partial charge in [-0.05, 0) is 81.1 Å². The number of nitrogens with zero attached hydrogens (tertiary/aromatic N) is 1. The van der Waals surface area contributed by atoms with Crippen LogP contribution in [0.15, 0.2) is 103 Å². The van der Waals surface area contributed by atoms with Gasteiger partial charge >= 0.3 is 5.97 Å². The van der Waals surface area contributed by atoms with E-state index in [1.807, 2.05) is 60.7 Å². The van der Waals surface area contributed by atoms with E-state index < -0.39 is 28.4 Å². The summed E-state index contributed by atoms with van der Waals surface area (Å²) < 4.78 is 11.4. The molecule has 8 heteroatoms. The van der Waals surface area contributed by atoms with Crippen LogP contribution < -0.4 is 10.1 Å². The number of amides is 1. The van der Waals surface area contributed by atoms with Gasteiger partial charge in [0.15, 0.2) is 0 Å². The molecular weight excluding hydrogens is 556 g/mol. The SMILES string of the molecule is CC(C)(C)OC(=O)[C@@H](CCc1ccccc1)NC(=O)c1ccc([N+](=O)[O-])c(C#Cc2ccc(OCc3ccccc3)cc2)c1. The minimum atomic E-state index is -0.922. The molecule has 1 atom stereocenters. The Balaban J connectivity index is 1.50. The predicted molar refractivity (Wildman–Crippen MR) is 168 cm³/mol. The first-order valence-electron chi connectivity index (χ1n) is 14.2. The summed E-state index contributed by atoms with van der Waals surface area (Å²) in [5.74, 6) is 5.31. The standard InChI is InChI=1S/C36H34N2O6/c1-36(2,3)44-35(40)32(22-17-26-10-6-4-7-11-26)37-34(39)30-19-23-33(38(41)42)29(24-30)18-14-27-15-20-31(21-16-27)43-25-28-12-8-5-9-13-28/h4-13,15-16,19-21,23-24,32H,17,22,25H2,1-3H3,(H,37,39)/t32-/m1/s1. The Kier molecular flexibility index (Phi) is 10.5. The molecule has 0 bridgehead atoms. The highest BCUT2D eigenvalue weighted by Crippen LogP contribution is 2.21.